The summed E-state index contributed by atoms with van der Waals surface area (Å²) in [5, 5.41) is 0. The number of hydrogen-bond donors (Lipinski definition) is 0. The smallest absolute Gasteiger partial charge is 0.264 e. The molecule has 0 bridgehead atoms. The lowest BCUT2D eigenvalue weighted by Gasteiger charge is -2.52. The Morgan fingerprint density at radius 1 is 1.12 bits per heavy atom. The molecule has 2 unspecified atom stereocenters. The highest BCUT2D eigenvalue weighted by atomic mass is 32.1. The Hall–Kier alpha value is -0.910. The molecule has 4 aliphatic rings. The molecule has 2 aliphatic carbocycles. The fraction of sp³-hybridized carbons (Fsp3) is 0.762. The Labute approximate surface area is 160 Å². The van der Waals surface area contributed by atoms with Crippen molar-refractivity contribution in [3.63, 3.8) is 0 Å². The molecule has 0 N–H and O–H groups in total. The molecule has 5 rings (SSSR count). The largest absolute Gasteiger partial charge is 0.370 e. The van der Waals surface area contributed by atoms with Crippen LogP contribution in [0.1, 0.15) is 65.1 Å². The van der Waals surface area contributed by atoms with E-state index in [1.807, 2.05) is 0 Å². The van der Waals surface area contributed by atoms with E-state index in [-0.39, 0.29) is 11.5 Å². The lowest BCUT2D eigenvalue weighted by Crippen LogP contribution is -2.64. The SMILES string of the molecule is O=C(c1cc2c(s1)CCC2)N1CCOC2(CCCCC2N2CCCC2)C1. The van der Waals surface area contributed by atoms with E-state index in [0.717, 1.165) is 37.2 Å². The van der Waals surface area contributed by atoms with Crippen molar-refractivity contribution in [2.24, 2.45) is 0 Å². The number of likely N-dealkylation sites (tertiary alicyclic amines) is 1. The van der Waals surface area contributed by atoms with Gasteiger partial charge >= 0.3 is 0 Å². The van der Waals surface area contributed by atoms with E-state index in [1.165, 1.54) is 62.1 Å². The molecule has 26 heavy (non-hydrogen) atoms. The average molecular weight is 375 g/mol. The molecule has 1 amide bonds. The monoisotopic (exact) mass is 374 g/mol. The number of hydrogen-bond acceptors (Lipinski definition) is 4. The van der Waals surface area contributed by atoms with Gasteiger partial charge in [0.05, 0.1) is 18.0 Å². The molecule has 2 aliphatic heterocycles. The van der Waals surface area contributed by atoms with Crippen LogP contribution in [0.15, 0.2) is 6.07 Å². The summed E-state index contributed by atoms with van der Waals surface area (Å²) in [4.78, 5) is 20.4. The summed E-state index contributed by atoms with van der Waals surface area (Å²) < 4.78 is 6.48. The van der Waals surface area contributed by atoms with Gasteiger partial charge in [0.25, 0.3) is 5.91 Å². The first-order chi connectivity index (χ1) is 12.8. The molecule has 3 fully saturated rings. The van der Waals surface area contributed by atoms with Gasteiger partial charge < -0.3 is 9.64 Å². The van der Waals surface area contributed by atoms with E-state index in [4.69, 9.17) is 4.74 Å². The molecule has 0 radical (unpaired) electrons. The molecule has 142 valence electrons. The number of carbonyl (C=O) groups is 1. The van der Waals surface area contributed by atoms with E-state index in [0.29, 0.717) is 12.6 Å². The van der Waals surface area contributed by atoms with Gasteiger partial charge in [-0.1, -0.05) is 12.8 Å². The summed E-state index contributed by atoms with van der Waals surface area (Å²) in [6.45, 7) is 4.65. The minimum Gasteiger partial charge on any atom is -0.370 e. The minimum absolute atomic E-state index is 0.128. The van der Waals surface area contributed by atoms with Crippen molar-refractivity contribution in [3.8, 4) is 0 Å². The summed E-state index contributed by atoms with van der Waals surface area (Å²) in [5.41, 5.74) is 1.30. The fourth-order valence-corrected chi connectivity index (χ4v) is 6.90. The van der Waals surface area contributed by atoms with Crippen molar-refractivity contribution in [3.05, 3.63) is 21.4 Å². The highest BCUT2D eigenvalue weighted by Crippen LogP contribution is 2.40. The van der Waals surface area contributed by atoms with Gasteiger partial charge in [-0.25, -0.2) is 0 Å². The first-order valence-electron chi connectivity index (χ1n) is 10.5. The summed E-state index contributed by atoms with van der Waals surface area (Å²) in [7, 11) is 0. The van der Waals surface area contributed by atoms with Crippen molar-refractivity contribution in [1.29, 1.82) is 0 Å². The minimum atomic E-state index is -0.128. The van der Waals surface area contributed by atoms with Gasteiger partial charge in [0.15, 0.2) is 0 Å². The van der Waals surface area contributed by atoms with Crippen molar-refractivity contribution < 1.29 is 9.53 Å². The summed E-state index contributed by atoms with van der Waals surface area (Å²) in [5.74, 6) is 0.248. The molecular weight excluding hydrogens is 344 g/mol. The quantitative estimate of drug-likeness (QED) is 0.794. The predicted octanol–water partition coefficient (Wildman–Crippen LogP) is 3.49. The number of thiophene rings is 1. The molecule has 2 atom stereocenters. The van der Waals surface area contributed by atoms with Gasteiger partial charge in [0.1, 0.15) is 5.60 Å². The van der Waals surface area contributed by atoms with Crippen LogP contribution in [0.4, 0.5) is 0 Å². The number of aryl methyl sites for hydroxylation is 2. The van der Waals surface area contributed by atoms with Crippen molar-refractivity contribution >= 4 is 17.2 Å². The van der Waals surface area contributed by atoms with Crippen molar-refractivity contribution in [2.75, 3.05) is 32.8 Å². The Kier molecular flexibility index (Phi) is 4.58. The van der Waals surface area contributed by atoms with Gasteiger partial charge in [-0.05, 0) is 69.7 Å². The number of ether oxygens (including phenoxy) is 1. The molecule has 1 spiro atoms. The maximum Gasteiger partial charge on any atom is 0.264 e. The highest BCUT2D eigenvalue weighted by Gasteiger charge is 2.48. The van der Waals surface area contributed by atoms with Crippen LogP contribution in [-0.4, -0.2) is 60.1 Å². The molecule has 3 heterocycles. The fourth-order valence-electron chi connectivity index (χ4n) is 5.68. The number of amides is 1. The van der Waals surface area contributed by atoms with Gasteiger partial charge in [0.2, 0.25) is 0 Å². The van der Waals surface area contributed by atoms with E-state index >= 15 is 0 Å². The Balaban J connectivity index is 1.36. The maximum atomic E-state index is 13.2. The third-order valence-corrected chi connectivity index (χ3v) is 8.20. The van der Waals surface area contributed by atoms with Crippen LogP contribution < -0.4 is 0 Å². The molecule has 0 aromatic carbocycles. The van der Waals surface area contributed by atoms with Crippen LogP contribution >= 0.6 is 11.3 Å². The zero-order valence-electron chi connectivity index (χ0n) is 15.7. The molecule has 2 saturated heterocycles. The normalized spacial score (nSPS) is 32.3. The van der Waals surface area contributed by atoms with Crippen molar-refractivity contribution in [2.45, 2.75) is 69.4 Å². The van der Waals surface area contributed by atoms with Gasteiger partial charge in [-0.3, -0.25) is 9.69 Å². The standard InChI is InChI=1S/C21H30N2O2S/c24-20(18-14-16-6-5-7-17(16)26-18)23-12-13-25-21(15-23)9-2-1-8-19(21)22-10-3-4-11-22/h14,19H,1-13,15H2. The molecular formula is C21H30N2O2S. The number of morpholine rings is 1. The van der Waals surface area contributed by atoms with Crippen LogP contribution in [0.5, 0.6) is 0 Å². The number of carbonyl (C=O) groups excluding carboxylic acids is 1. The summed E-state index contributed by atoms with van der Waals surface area (Å²) in [6.07, 6.45) is 11.1. The van der Waals surface area contributed by atoms with Gasteiger partial charge in [-0.2, -0.15) is 0 Å². The number of fused-ring (bicyclic) bond motifs is 1. The second kappa shape index (κ2) is 6.92. The highest BCUT2D eigenvalue weighted by molar-refractivity contribution is 7.14. The Bertz CT molecular complexity index is 656. The third kappa shape index (κ3) is 2.92. The van der Waals surface area contributed by atoms with Crippen LogP contribution in [-0.2, 0) is 17.6 Å². The molecule has 1 aromatic heterocycles. The third-order valence-electron chi connectivity index (χ3n) is 6.97. The topological polar surface area (TPSA) is 32.8 Å². The summed E-state index contributed by atoms with van der Waals surface area (Å²) in [6, 6.07) is 2.68. The first-order valence-corrected chi connectivity index (χ1v) is 11.4. The molecule has 1 aromatic rings. The average Bonchev–Trinajstić information content (AvgIpc) is 3.39. The first kappa shape index (κ1) is 17.2. The predicted molar refractivity (Wildman–Crippen MR) is 104 cm³/mol. The Morgan fingerprint density at radius 2 is 2.00 bits per heavy atom. The lowest BCUT2D eigenvalue weighted by molar-refractivity contribution is -0.156. The van der Waals surface area contributed by atoms with Crippen LogP contribution in [0.2, 0.25) is 0 Å². The van der Waals surface area contributed by atoms with Crippen LogP contribution in [0.3, 0.4) is 0 Å². The number of rotatable bonds is 2. The van der Waals surface area contributed by atoms with E-state index in [2.05, 4.69) is 15.9 Å². The molecule has 1 saturated carbocycles. The van der Waals surface area contributed by atoms with E-state index < -0.39 is 0 Å². The second-order valence-electron chi connectivity index (χ2n) is 8.56. The maximum absolute atomic E-state index is 13.2. The van der Waals surface area contributed by atoms with Gasteiger partial charge in [0, 0.05) is 17.5 Å². The lowest BCUT2D eigenvalue weighted by atomic mass is 9.78. The Morgan fingerprint density at radius 3 is 2.85 bits per heavy atom. The molecule has 4 nitrogen and oxygen atoms in total. The van der Waals surface area contributed by atoms with Crippen LogP contribution in [0.25, 0.3) is 0 Å². The van der Waals surface area contributed by atoms with Crippen LogP contribution in [0, 0.1) is 0 Å². The molecule has 5 heteroatoms. The second-order valence-corrected chi connectivity index (χ2v) is 9.69. The van der Waals surface area contributed by atoms with Gasteiger partial charge in [-0.15, -0.1) is 11.3 Å². The zero-order valence-corrected chi connectivity index (χ0v) is 16.5. The van der Waals surface area contributed by atoms with E-state index in [9.17, 15) is 4.79 Å². The number of nitrogens with zero attached hydrogens (tertiary/aromatic N) is 2. The zero-order chi connectivity index (χ0) is 17.6. The van der Waals surface area contributed by atoms with Crippen molar-refractivity contribution in [1.82, 2.24) is 9.80 Å². The summed E-state index contributed by atoms with van der Waals surface area (Å²) >= 11 is 1.74. The van der Waals surface area contributed by atoms with E-state index in [1.54, 1.807) is 11.3 Å².